The lowest BCUT2D eigenvalue weighted by molar-refractivity contribution is -0.140. The number of carbonyl (C=O) groups is 2. The van der Waals surface area contributed by atoms with Gasteiger partial charge in [0.1, 0.15) is 12.6 Å². The predicted octanol–water partition coefficient (Wildman–Crippen LogP) is 6.89. The molecule has 2 amide bonds. The largest absolute Gasteiger partial charge is 0.354 e. The first-order chi connectivity index (χ1) is 19.8. The Bertz CT molecular complexity index is 1460. The smallest absolute Gasteiger partial charge is 0.264 e. The predicted molar refractivity (Wildman–Crippen MR) is 170 cm³/mol. The molecule has 0 bridgehead atoms. The summed E-state index contributed by atoms with van der Waals surface area (Å²) < 4.78 is 29.0. The zero-order chi connectivity index (χ0) is 31.0. The molecular formula is C32H39Cl2N3O4S. The number of sulfonamides is 1. The fourth-order valence-electron chi connectivity index (χ4n) is 4.45. The van der Waals surface area contributed by atoms with Crippen molar-refractivity contribution < 1.29 is 18.0 Å². The van der Waals surface area contributed by atoms with Crippen molar-refractivity contribution in [2.75, 3.05) is 17.4 Å². The summed E-state index contributed by atoms with van der Waals surface area (Å²) in [6, 6.07) is 19.3. The molecule has 0 spiro atoms. The number of halogens is 2. The minimum atomic E-state index is -4.13. The van der Waals surface area contributed by atoms with Gasteiger partial charge in [-0.3, -0.25) is 13.9 Å². The zero-order valence-corrected chi connectivity index (χ0v) is 27.0. The molecule has 10 heteroatoms. The highest BCUT2D eigenvalue weighted by atomic mass is 35.5. The summed E-state index contributed by atoms with van der Waals surface area (Å²) in [6.45, 7) is 9.86. The summed E-state index contributed by atoms with van der Waals surface area (Å²) in [6.07, 6.45) is 0.325. The molecule has 42 heavy (non-hydrogen) atoms. The molecule has 3 aromatic rings. The monoisotopic (exact) mass is 631 g/mol. The van der Waals surface area contributed by atoms with E-state index in [-0.39, 0.29) is 29.2 Å². The van der Waals surface area contributed by atoms with Crippen LogP contribution in [0.25, 0.3) is 0 Å². The van der Waals surface area contributed by atoms with Gasteiger partial charge in [0.05, 0.1) is 20.6 Å². The number of hydrogen-bond donors (Lipinski definition) is 1. The second kappa shape index (κ2) is 14.9. The van der Waals surface area contributed by atoms with E-state index in [2.05, 4.69) is 5.32 Å². The summed E-state index contributed by atoms with van der Waals surface area (Å²) in [7, 11) is -4.13. The molecule has 3 rings (SSSR count). The minimum Gasteiger partial charge on any atom is -0.354 e. The Kier molecular flexibility index (Phi) is 11.9. The van der Waals surface area contributed by atoms with Crippen LogP contribution in [0, 0.1) is 5.92 Å². The standard InChI is InChI=1S/C32H39Cl2N3O4S/c1-6-30(32(39)35-19-22(2)3)36(20-24-12-17-28(33)29(34)18-24)31(38)21-37(26-15-13-25(14-16-26)23(4)5)42(40,41)27-10-8-7-9-11-27/h7-18,22-23,30H,6,19-21H2,1-5H3,(H,35,39)/t30-/m1/s1. The van der Waals surface area contributed by atoms with E-state index in [4.69, 9.17) is 23.2 Å². The van der Waals surface area contributed by atoms with Gasteiger partial charge in [0.2, 0.25) is 11.8 Å². The van der Waals surface area contributed by atoms with Gasteiger partial charge in [-0.2, -0.15) is 0 Å². The number of amides is 2. The van der Waals surface area contributed by atoms with Crippen molar-refractivity contribution in [1.82, 2.24) is 10.2 Å². The van der Waals surface area contributed by atoms with Crippen LogP contribution < -0.4 is 9.62 Å². The van der Waals surface area contributed by atoms with Crippen LogP contribution in [0.3, 0.4) is 0 Å². The van der Waals surface area contributed by atoms with Crippen molar-refractivity contribution in [3.63, 3.8) is 0 Å². The summed E-state index contributed by atoms with van der Waals surface area (Å²) in [5.41, 5.74) is 2.05. The van der Waals surface area contributed by atoms with Crippen LogP contribution in [-0.4, -0.2) is 44.3 Å². The number of carbonyl (C=O) groups excluding carboxylic acids is 2. The maximum Gasteiger partial charge on any atom is 0.264 e. The van der Waals surface area contributed by atoms with Crippen molar-refractivity contribution in [3.05, 3.63) is 94.0 Å². The molecule has 0 heterocycles. The van der Waals surface area contributed by atoms with Gasteiger partial charge in [0.15, 0.2) is 0 Å². The zero-order valence-electron chi connectivity index (χ0n) is 24.7. The van der Waals surface area contributed by atoms with Crippen LogP contribution in [0.4, 0.5) is 5.69 Å². The van der Waals surface area contributed by atoms with Crippen molar-refractivity contribution in [2.45, 2.75) is 64.4 Å². The summed E-state index contributed by atoms with van der Waals surface area (Å²) in [5.74, 6) is -0.374. The summed E-state index contributed by atoms with van der Waals surface area (Å²) >= 11 is 12.4. The Morgan fingerprint density at radius 1 is 0.881 bits per heavy atom. The lowest BCUT2D eigenvalue weighted by Gasteiger charge is -2.33. The van der Waals surface area contributed by atoms with Crippen LogP contribution in [0.5, 0.6) is 0 Å². The van der Waals surface area contributed by atoms with E-state index >= 15 is 0 Å². The van der Waals surface area contributed by atoms with E-state index in [0.717, 1.165) is 9.87 Å². The molecule has 7 nitrogen and oxygen atoms in total. The fraction of sp³-hybridized carbons (Fsp3) is 0.375. The second-order valence-corrected chi connectivity index (χ2v) is 13.6. The average Bonchev–Trinajstić information content (AvgIpc) is 2.96. The Hall–Kier alpha value is -3.07. The Morgan fingerprint density at radius 2 is 1.52 bits per heavy atom. The van der Waals surface area contributed by atoms with Crippen LogP contribution in [-0.2, 0) is 26.2 Å². The molecule has 0 saturated carbocycles. The van der Waals surface area contributed by atoms with E-state index in [1.165, 1.54) is 17.0 Å². The Morgan fingerprint density at radius 3 is 2.07 bits per heavy atom. The highest BCUT2D eigenvalue weighted by Gasteiger charge is 2.33. The normalized spacial score (nSPS) is 12.3. The molecule has 0 radical (unpaired) electrons. The van der Waals surface area contributed by atoms with Crippen molar-refractivity contribution in [3.8, 4) is 0 Å². The maximum atomic E-state index is 14.2. The first-order valence-corrected chi connectivity index (χ1v) is 16.2. The van der Waals surface area contributed by atoms with E-state index < -0.39 is 28.5 Å². The fourth-order valence-corrected chi connectivity index (χ4v) is 6.21. The molecule has 0 fully saturated rings. The highest BCUT2D eigenvalue weighted by Crippen LogP contribution is 2.28. The summed E-state index contributed by atoms with van der Waals surface area (Å²) in [4.78, 5) is 29.0. The number of rotatable bonds is 13. The number of anilines is 1. The van der Waals surface area contributed by atoms with E-state index in [1.54, 1.807) is 48.5 Å². The molecule has 0 aliphatic carbocycles. The van der Waals surface area contributed by atoms with Gasteiger partial charge in [-0.15, -0.1) is 0 Å². The third kappa shape index (κ3) is 8.49. The van der Waals surface area contributed by atoms with Crippen molar-refractivity contribution in [2.24, 2.45) is 5.92 Å². The quantitative estimate of drug-likeness (QED) is 0.222. The SMILES string of the molecule is CC[C@H](C(=O)NCC(C)C)N(Cc1ccc(Cl)c(Cl)c1)C(=O)CN(c1ccc(C(C)C)cc1)S(=O)(=O)c1ccccc1. The average molecular weight is 633 g/mol. The molecule has 0 saturated heterocycles. The number of hydrogen-bond acceptors (Lipinski definition) is 4. The highest BCUT2D eigenvalue weighted by molar-refractivity contribution is 7.92. The lowest BCUT2D eigenvalue weighted by atomic mass is 10.0. The molecule has 1 atom stereocenters. The first kappa shape index (κ1) is 33.4. The van der Waals surface area contributed by atoms with Crippen LogP contribution in [0.15, 0.2) is 77.7 Å². The van der Waals surface area contributed by atoms with Crippen LogP contribution in [0.2, 0.25) is 10.0 Å². The van der Waals surface area contributed by atoms with Gasteiger partial charge in [-0.05, 0) is 65.8 Å². The number of benzene rings is 3. The summed E-state index contributed by atoms with van der Waals surface area (Å²) in [5, 5.41) is 3.60. The minimum absolute atomic E-state index is 0.0365. The van der Waals surface area contributed by atoms with Gasteiger partial charge in [0, 0.05) is 13.1 Å². The Labute approximate surface area is 259 Å². The van der Waals surface area contributed by atoms with E-state index in [0.29, 0.717) is 34.3 Å². The molecule has 0 aromatic heterocycles. The van der Waals surface area contributed by atoms with Gasteiger partial charge >= 0.3 is 0 Å². The molecule has 226 valence electrons. The van der Waals surface area contributed by atoms with Crippen LogP contribution in [0.1, 0.15) is 58.1 Å². The van der Waals surface area contributed by atoms with E-state index in [1.807, 2.05) is 46.8 Å². The van der Waals surface area contributed by atoms with Gasteiger partial charge in [-0.25, -0.2) is 8.42 Å². The third-order valence-electron chi connectivity index (χ3n) is 6.87. The maximum absolute atomic E-state index is 14.2. The van der Waals surface area contributed by atoms with Crippen LogP contribution >= 0.6 is 23.2 Å². The van der Waals surface area contributed by atoms with Crippen molar-refractivity contribution >= 4 is 50.7 Å². The van der Waals surface area contributed by atoms with E-state index in [9.17, 15) is 18.0 Å². The molecule has 3 aromatic carbocycles. The number of nitrogens with one attached hydrogen (secondary N) is 1. The number of nitrogens with zero attached hydrogens (tertiary/aromatic N) is 2. The molecule has 1 N–H and O–H groups in total. The van der Waals surface area contributed by atoms with Crippen molar-refractivity contribution in [1.29, 1.82) is 0 Å². The molecule has 0 unspecified atom stereocenters. The molecular weight excluding hydrogens is 593 g/mol. The molecule has 0 aliphatic heterocycles. The first-order valence-electron chi connectivity index (χ1n) is 14.0. The third-order valence-corrected chi connectivity index (χ3v) is 9.39. The Balaban J connectivity index is 2.06. The van der Waals surface area contributed by atoms with Gasteiger partial charge in [-0.1, -0.05) is 94.2 Å². The lowest BCUT2D eigenvalue weighted by Crippen LogP contribution is -2.52. The second-order valence-electron chi connectivity index (χ2n) is 10.9. The topological polar surface area (TPSA) is 86.8 Å². The molecule has 0 aliphatic rings. The van der Waals surface area contributed by atoms with Gasteiger partial charge in [0.25, 0.3) is 10.0 Å². The van der Waals surface area contributed by atoms with Gasteiger partial charge < -0.3 is 10.2 Å².